The van der Waals surface area contributed by atoms with Gasteiger partial charge in [-0.25, -0.2) is 9.59 Å². The lowest BCUT2D eigenvalue weighted by Gasteiger charge is -2.28. The monoisotopic (exact) mass is 342 g/mol. The van der Waals surface area contributed by atoms with Gasteiger partial charge in [0.1, 0.15) is 12.6 Å². The van der Waals surface area contributed by atoms with Crippen molar-refractivity contribution in [3.05, 3.63) is 53.3 Å². The number of ether oxygens (including phenoxy) is 1. The van der Waals surface area contributed by atoms with E-state index >= 15 is 0 Å². The summed E-state index contributed by atoms with van der Waals surface area (Å²) in [6.07, 6.45) is 1.69. The molecule has 2 amide bonds. The molecule has 2 atom stereocenters. The third kappa shape index (κ3) is 2.37. The van der Waals surface area contributed by atoms with Crippen molar-refractivity contribution in [3.63, 3.8) is 0 Å². The number of hydrogen-bond acceptors (Lipinski definition) is 5. The van der Waals surface area contributed by atoms with Gasteiger partial charge in [-0.2, -0.15) is 10.2 Å². The molecule has 4 rings (SSSR count). The fourth-order valence-electron chi connectivity index (χ4n) is 3.46. The molecule has 2 unspecified atom stereocenters. The molecule has 130 valence electrons. The van der Waals surface area contributed by atoms with E-state index in [-0.39, 0.29) is 18.7 Å². The van der Waals surface area contributed by atoms with Crippen molar-refractivity contribution < 1.29 is 19.2 Å². The second-order valence-corrected chi connectivity index (χ2v) is 6.07. The number of esters is 1. The van der Waals surface area contributed by atoms with E-state index in [1.807, 2.05) is 30.3 Å². The van der Waals surface area contributed by atoms with Crippen molar-refractivity contribution in [2.45, 2.75) is 18.7 Å². The molecule has 3 heterocycles. The zero-order valence-electron chi connectivity index (χ0n) is 14.0. The second kappa shape index (κ2) is 5.89. The summed E-state index contributed by atoms with van der Waals surface area (Å²) >= 11 is 0. The summed E-state index contributed by atoms with van der Waals surface area (Å²) in [7, 11) is 3.06. The number of amides is 2. The number of methoxy groups -OCH3 is 1. The van der Waals surface area contributed by atoms with Crippen LogP contribution in [0.15, 0.2) is 36.5 Å². The predicted molar refractivity (Wildman–Crippen MR) is 85.9 cm³/mol. The number of hydrogen-bond donors (Lipinski definition) is 0. The molecule has 2 aliphatic rings. The normalized spacial score (nSPS) is 21.4. The van der Waals surface area contributed by atoms with Crippen molar-refractivity contribution in [2.75, 3.05) is 13.7 Å². The van der Waals surface area contributed by atoms with E-state index < -0.39 is 12.0 Å². The van der Waals surface area contributed by atoms with Gasteiger partial charge in [0.15, 0.2) is 6.04 Å². The minimum atomic E-state index is -0.804. The summed E-state index contributed by atoms with van der Waals surface area (Å²) < 4.78 is 6.52. The van der Waals surface area contributed by atoms with Crippen LogP contribution in [0.5, 0.6) is 0 Å². The molecule has 25 heavy (non-hydrogen) atoms. The van der Waals surface area contributed by atoms with E-state index in [4.69, 9.17) is 9.57 Å². The van der Waals surface area contributed by atoms with Gasteiger partial charge in [-0.15, -0.1) is 0 Å². The minimum Gasteiger partial charge on any atom is -0.467 e. The lowest BCUT2D eigenvalue weighted by Crippen LogP contribution is -2.40. The van der Waals surface area contributed by atoms with Crippen molar-refractivity contribution >= 4 is 12.0 Å². The Bertz CT molecular complexity index is 819. The molecule has 2 aliphatic heterocycles. The molecule has 1 saturated heterocycles. The second-order valence-electron chi connectivity index (χ2n) is 6.07. The van der Waals surface area contributed by atoms with Crippen LogP contribution in [-0.2, 0) is 28.0 Å². The van der Waals surface area contributed by atoms with Crippen LogP contribution in [0.4, 0.5) is 4.79 Å². The van der Waals surface area contributed by atoms with E-state index in [0.29, 0.717) is 12.2 Å². The average Bonchev–Trinajstić information content (AvgIpc) is 3.15. The molecule has 0 spiro atoms. The number of benzene rings is 1. The molecule has 1 aromatic heterocycles. The van der Waals surface area contributed by atoms with Gasteiger partial charge in [-0.05, 0) is 5.56 Å². The first-order valence-corrected chi connectivity index (χ1v) is 7.98. The quantitative estimate of drug-likeness (QED) is 0.788. The van der Waals surface area contributed by atoms with E-state index in [2.05, 4.69) is 5.10 Å². The smallest absolute Gasteiger partial charge is 0.345 e. The Hall–Kier alpha value is -2.87. The Morgan fingerprint density at radius 3 is 2.80 bits per heavy atom. The van der Waals surface area contributed by atoms with Gasteiger partial charge in [0.25, 0.3) is 0 Å². The maximum absolute atomic E-state index is 12.8. The highest BCUT2D eigenvalue weighted by Gasteiger charge is 2.53. The van der Waals surface area contributed by atoms with Crippen LogP contribution in [0.2, 0.25) is 0 Å². The van der Waals surface area contributed by atoms with Crippen LogP contribution in [0, 0.1) is 0 Å². The summed E-state index contributed by atoms with van der Waals surface area (Å²) in [5.74, 6) is -0.485. The predicted octanol–water partition coefficient (Wildman–Crippen LogP) is 1.56. The number of fused-ring (bicyclic) bond motifs is 4. The molecule has 1 fully saturated rings. The van der Waals surface area contributed by atoms with Crippen LogP contribution < -0.4 is 0 Å². The first kappa shape index (κ1) is 15.6. The summed E-state index contributed by atoms with van der Waals surface area (Å²) in [5, 5.41) is 5.59. The number of carbonyl (C=O) groups is 2. The molecule has 8 nitrogen and oxygen atoms in total. The van der Waals surface area contributed by atoms with Crippen molar-refractivity contribution in [1.82, 2.24) is 19.7 Å². The molecule has 2 aromatic rings. The SMILES string of the molecule is COC(=O)C1c2c(cnn2C)C2CN1C(=O)N2OCc1ccccc1. The lowest BCUT2D eigenvalue weighted by atomic mass is 9.98. The number of nitrogens with zero attached hydrogens (tertiary/aromatic N) is 4. The van der Waals surface area contributed by atoms with Crippen LogP contribution in [0.25, 0.3) is 0 Å². The molecule has 0 N–H and O–H groups in total. The third-order valence-corrected chi connectivity index (χ3v) is 4.67. The first-order chi connectivity index (χ1) is 12.1. The Morgan fingerprint density at radius 2 is 2.08 bits per heavy atom. The van der Waals surface area contributed by atoms with Crippen molar-refractivity contribution in [3.8, 4) is 0 Å². The number of hydroxylamine groups is 2. The van der Waals surface area contributed by atoms with E-state index in [9.17, 15) is 9.59 Å². The summed E-state index contributed by atoms with van der Waals surface area (Å²) in [4.78, 5) is 32.4. The standard InChI is InChI=1S/C17H18N4O4/c1-19-14-12(8-18-19)13-9-20(15(14)16(22)24-2)17(23)21(13)25-10-11-6-4-3-5-7-11/h3-8,13,15H,9-10H2,1-2H3. The Morgan fingerprint density at radius 1 is 1.32 bits per heavy atom. The number of aromatic nitrogens is 2. The van der Waals surface area contributed by atoms with Gasteiger partial charge in [-0.1, -0.05) is 30.3 Å². The zero-order chi connectivity index (χ0) is 17.6. The van der Waals surface area contributed by atoms with Crippen molar-refractivity contribution in [2.24, 2.45) is 7.05 Å². The topological polar surface area (TPSA) is 76.9 Å². The van der Waals surface area contributed by atoms with E-state index in [1.54, 1.807) is 17.9 Å². The maximum atomic E-state index is 12.8. The van der Waals surface area contributed by atoms with Gasteiger partial charge in [0, 0.05) is 12.6 Å². The fourth-order valence-corrected chi connectivity index (χ4v) is 3.46. The Balaban J connectivity index is 1.65. The molecule has 8 heteroatoms. The highest BCUT2D eigenvalue weighted by atomic mass is 16.7. The van der Waals surface area contributed by atoms with E-state index in [1.165, 1.54) is 17.1 Å². The highest BCUT2D eigenvalue weighted by molar-refractivity contribution is 5.87. The Kier molecular flexibility index (Phi) is 3.69. The largest absolute Gasteiger partial charge is 0.467 e. The summed E-state index contributed by atoms with van der Waals surface area (Å²) in [6.45, 7) is 0.640. The lowest BCUT2D eigenvalue weighted by molar-refractivity contribution is -0.146. The van der Waals surface area contributed by atoms with Crippen LogP contribution in [0.3, 0.4) is 0 Å². The van der Waals surface area contributed by atoms with Crippen LogP contribution >= 0.6 is 0 Å². The van der Waals surface area contributed by atoms with Gasteiger partial charge in [0.2, 0.25) is 0 Å². The molecule has 1 aromatic carbocycles. The number of carbonyl (C=O) groups excluding carboxylic acids is 2. The molecule has 0 aliphatic carbocycles. The molecule has 0 radical (unpaired) electrons. The summed E-state index contributed by atoms with van der Waals surface area (Å²) in [6, 6.07) is 8.18. The third-order valence-electron chi connectivity index (χ3n) is 4.67. The molecule has 0 saturated carbocycles. The maximum Gasteiger partial charge on any atom is 0.345 e. The first-order valence-electron chi connectivity index (χ1n) is 7.98. The van der Waals surface area contributed by atoms with Crippen molar-refractivity contribution in [1.29, 1.82) is 0 Å². The zero-order valence-corrected chi connectivity index (χ0v) is 14.0. The summed E-state index contributed by atoms with van der Waals surface area (Å²) in [5.41, 5.74) is 2.44. The minimum absolute atomic E-state index is 0.273. The van der Waals surface area contributed by atoms with Crippen LogP contribution in [-0.4, -0.2) is 45.4 Å². The molecule has 2 bridgehead atoms. The number of rotatable bonds is 4. The highest BCUT2D eigenvalue weighted by Crippen LogP contribution is 2.44. The molecular formula is C17H18N4O4. The number of urea groups is 1. The van der Waals surface area contributed by atoms with Gasteiger partial charge in [-0.3, -0.25) is 9.52 Å². The molecular weight excluding hydrogens is 324 g/mol. The average molecular weight is 342 g/mol. The van der Waals surface area contributed by atoms with Gasteiger partial charge in [0.05, 0.1) is 25.5 Å². The van der Waals surface area contributed by atoms with Crippen LogP contribution in [0.1, 0.15) is 28.9 Å². The van der Waals surface area contributed by atoms with Gasteiger partial charge < -0.3 is 9.64 Å². The van der Waals surface area contributed by atoms with E-state index in [0.717, 1.165) is 11.1 Å². The fraction of sp³-hybridized carbons (Fsp3) is 0.353. The van der Waals surface area contributed by atoms with Gasteiger partial charge >= 0.3 is 12.0 Å². The Labute approximate surface area is 144 Å². The number of aryl methyl sites for hydroxylation is 1.